The quantitative estimate of drug-likeness (QED) is 0.659. The lowest BCUT2D eigenvalue weighted by Crippen LogP contribution is -2.19. The number of alkyl halides is 1. The van der Waals surface area contributed by atoms with Gasteiger partial charge in [0.2, 0.25) is 0 Å². The van der Waals surface area contributed by atoms with Gasteiger partial charge in [0.05, 0.1) is 0 Å². The van der Waals surface area contributed by atoms with Gasteiger partial charge in [-0.25, -0.2) is 0 Å². The Hall–Kier alpha value is -0.870. The van der Waals surface area contributed by atoms with Crippen molar-refractivity contribution in [2.45, 2.75) is 6.42 Å². The van der Waals surface area contributed by atoms with Crippen molar-refractivity contribution >= 4 is 45.0 Å². The molecule has 0 saturated heterocycles. The second kappa shape index (κ2) is 6.58. The van der Waals surface area contributed by atoms with E-state index in [1.165, 1.54) is 0 Å². The molecule has 0 unspecified atom stereocenters. The van der Waals surface area contributed by atoms with Crippen molar-refractivity contribution in [2.24, 2.45) is 5.73 Å². The average Bonchev–Trinajstić information content (AvgIpc) is 2.20. The van der Waals surface area contributed by atoms with E-state index in [2.05, 4.69) is 33.4 Å². The van der Waals surface area contributed by atoms with Crippen LogP contribution in [0, 0.1) is 0 Å². The molecule has 1 rings (SSSR count). The van der Waals surface area contributed by atoms with Crippen LogP contribution in [0.5, 0.6) is 0 Å². The minimum Gasteiger partial charge on any atom is -0.376 e. The highest BCUT2D eigenvalue weighted by molar-refractivity contribution is 9.09. The number of benzene rings is 1. The minimum absolute atomic E-state index is 0.288. The second-order valence-electron chi connectivity index (χ2n) is 2.96. The van der Waals surface area contributed by atoms with Crippen LogP contribution in [0.2, 0.25) is 0 Å². The molecule has 0 spiro atoms. The zero-order valence-corrected chi connectivity index (χ0v) is 10.6. The number of nitrogens with two attached hydrogens (primary N) is 1. The van der Waals surface area contributed by atoms with Crippen molar-refractivity contribution in [1.29, 1.82) is 0 Å². The van der Waals surface area contributed by atoms with E-state index in [1.807, 2.05) is 24.3 Å². The van der Waals surface area contributed by atoms with Crippen molar-refractivity contribution in [3.63, 3.8) is 0 Å². The summed E-state index contributed by atoms with van der Waals surface area (Å²) in [4.78, 5) is 0. The molecular formula is C11H13BrN2S. The standard InChI is InChI=1S/C11H13BrN2S/c12-8-4-3-6-9-5-1-2-7-10(9)14-11(13)15/h1-3,5-7H,4,8H2,(H3,13,14,15). The molecular weight excluding hydrogens is 272 g/mol. The molecule has 4 heteroatoms. The number of anilines is 1. The van der Waals surface area contributed by atoms with Crippen molar-refractivity contribution < 1.29 is 0 Å². The summed E-state index contributed by atoms with van der Waals surface area (Å²) in [6, 6.07) is 7.90. The van der Waals surface area contributed by atoms with Crippen molar-refractivity contribution in [1.82, 2.24) is 0 Å². The van der Waals surface area contributed by atoms with Gasteiger partial charge in [-0.05, 0) is 30.3 Å². The molecule has 0 bridgehead atoms. The third kappa shape index (κ3) is 4.44. The summed E-state index contributed by atoms with van der Waals surface area (Å²) in [7, 11) is 0. The smallest absolute Gasteiger partial charge is 0.168 e. The van der Waals surface area contributed by atoms with Crippen molar-refractivity contribution in [3.05, 3.63) is 35.9 Å². The topological polar surface area (TPSA) is 38.0 Å². The molecule has 0 aliphatic rings. The molecule has 3 N–H and O–H groups in total. The molecule has 0 aliphatic heterocycles. The number of halogens is 1. The van der Waals surface area contributed by atoms with Crippen molar-refractivity contribution in [2.75, 3.05) is 10.6 Å². The fourth-order valence-electron chi connectivity index (χ4n) is 1.16. The third-order valence-corrected chi connectivity index (χ3v) is 2.35. The molecule has 0 atom stereocenters. The molecule has 0 radical (unpaired) electrons. The van der Waals surface area contributed by atoms with E-state index in [0.29, 0.717) is 0 Å². The highest BCUT2D eigenvalue weighted by atomic mass is 79.9. The zero-order chi connectivity index (χ0) is 11.1. The highest BCUT2D eigenvalue weighted by Gasteiger charge is 1.97. The molecule has 0 heterocycles. The van der Waals surface area contributed by atoms with E-state index in [-0.39, 0.29) is 5.11 Å². The van der Waals surface area contributed by atoms with E-state index in [4.69, 9.17) is 18.0 Å². The van der Waals surface area contributed by atoms with E-state index < -0.39 is 0 Å². The van der Waals surface area contributed by atoms with Gasteiger partial charge < -0.3 is 11.1 Å². The first-order valence-corrected chi connectivity index (χ1v) is 6.15. The summed E-state index contributed by atoms with van der Waals surface area (Å²) >= 11 is 8.18. The maximum absolute atomic E-state index is 5.44. The Bertz CT molecular complexity index is 363. The van der Waals surface area contributed by atoms with E-state index in [1.54, 1.807) is 0 Å². The Labute approximate surface area is 104 Å². The molecule has 0 aliphatic carbocycles. The van der Waals surface area contributed by atoms with Gasteiger partial charge in [0.1, 0.15) is 0 Å². The fourth-order valence-corrected chi connectivity index (χ4v) is 1.54. The van der Waals surface area contributed by atoms with Crippen LogP contribution in [0.4, 0.5) is 5.69 Å². The molecule has 1 aromatic rings. The van der Waals surface area contributed by atoms with E-state index >= 15 is 0 Å². The van der Waals surface area contributed by atoms with Crippen LogP contribution in [-0.2, 0) is 0 Å². The lowest BCUT2D eigenvalue weighted by Gasteiger charge is -2.06. The molecule has 0 amide bonds. The second-order valence-corrected chi connectivity index (χ2v) is 4.19. The van der Waals surface area contributed by atoms with Gasteiger partial charge in [0.25, 0.3) is 0 Å². The van der Waals surface area contributed by atoms with Crippen molar-refractivity contribution in [3.8, 4) is 0 Å². The first kappa shape index (κ1) is 12.2. The molecule has 80 valence electrons. The first-order valence-electron chi connectivity index (χ1n) is 4.62. The van der Waals surface area contributed by atoms with Gasteiger partial charge in [-0.3, -0.25) is 0 Å². The van der Waals surface area contributed by atoms with Crippen LogP contribution in [-0.4, -0.2) is 10.4 Å². The van der Waals surface area contributed by atoms with Crippen LogP contribution < -0.4 is 11.1 Å². The minimum atomic E-state index is 0.288. The van der Waals surface area contributed by atoms with Crippen LogP contribution >= 0.6 is 28.1 Å². The number of hydrogen-bond acceptors (Lipinski definition) is 1. The normalized spacial score (nSPS) is 10.5. The molecule has 0 saturated carbocycles. The summed E-state index contributed by atoms with van der Waals surface area (Å²) in [6.45, 7) is 0. The molecule has 0 aromatic heterocycles. The largest absolute Gasteiger partial charge is 0.376 e. The summed E-state index contributed by atoms with van der Waals surface area (Å²) < 4.78 is 0. The van der Waals surface area contributed by atoms with Gasteiger partial charge in [0, 0.05) is 11.0 Å². The SMILES string of the molecule is NC(=S)Nc1ccccc1C=CCCBr. The number of allylic oxidation sites excluding steroid dienone is 1. The lowest BCUT2D eigenvalue weighted by atomic mass is 10.1. The number of rotatable bonds is 4. The van der Waals surface area contributed by atoms with Gasteiger partial charge in [-0.2, -0.15) is 0 Å². The highest BCUT2D eigenvalue weighted by Crippen LogP contribution is 2.16. The van der Waals surface area contributed by atoms with Crippen LogP contribution in [0.15, 0.2) is 30.3 Å². The summed E-state index contributed by atoms with van der Waals surface area (Å²) in [5.74, 6) is 0. The van der Waals surface area contributed by atoms with Gasteiger partial charge in [-0.1, -0.05) is 46.3 Å². The summed E-state index contributed by atoms with van der Waals surface area (Å²) in [5.41, 5.74) is 7.47. The number of para-hydroxylation sites is 1. The Morgan fingerprint density at radius 2 is 2.20 bits per heavy atom. The number of nitrogens with one attached hydrogen (secondary N) is 1. The maximum atomic E-state index is 5.44. The van der Waals surface area contributed by atoms with Gasteiger partial charge in [0.15, 0.2) is 5.11 Å². The Kier molecular flexibility index (Phi) is 5.36. The average molecular weight is 285 g/mol. The third-order valence-electron chi connectivity index (χ3n) is 1.79. The number of hydrogen-bond donors (Lipinski definition) is 2. The van der Waals surface area contributed by atoms with Gasteiger partial charge >= 0.3 is 0 Å². The molecule has 1 aromatic carbocycles. The zero-order valence-electron chi connectivity index (χ0n) is 8.24. The first-order chi connectivity index (χ1) is 7.24. The van der Waals surface area contributed by atoms with Crippen LogP contribution in [0.25, 0.3) is 6.08 Å². The fraction of sp³-hybridized carbons (Fsp3) is 0.182. The van der Waals surface area contributed by atoms with E-state index in [9.17, 15) is 0 Å². The lowest BCUT2D eigenvalue weighted by molar-refractivity contribution is 1.27. The Balaban J connectivity index is 2.81. The Morgan fingerprint density at radius 1 is 1.47 bits per heavy atom. The van der Waals surface area contributed by atoms with Gasteiger partial charge in [-0.15, -0.1) is 0 Å². The number of thiocarbonyl (C=S) groups is 1. The molecule has 2 nitrogen and oxygen atoms in total. The molecule has 0 fully saturated rings. The Morgan fingerprint density at radius 3 is 2.87 bits per heavy atom. The summed E-state index contributed by atoms with van der Waals surface area (Å²) in [5, 5.41) is 4.20. The summed E-state index contributed by atoms with van der Waals surface area (Å²) in [6.07, 6.45) is 5.16. The molecule has 15 heavy (non-hydrogen) atoms. The van der Waals surface area contributed by atoms with E-state index in [0.717, 1.165) is 23.0 Å². The maximum Gasteiger partial charge on any atom is 0.168 e. The van der Waals surface area contributed by atoms with Crippen LogP contribution in [0.3, 0.4) is 0 Å². The predicted molar refractivity (Wildman–Crippen MR) is 74.3 cm³/mol. The monoisotopic (exact) mass is 284 g/mol. The van der Waals surface area contributed by atoms with Crippen LogP contribution in [0.1, 0.15) is 12.0 Å². The predicted octanol–water partition coefficient (Wildman–Crippen LogP) is 3.14.